The number of halogens is 2. The molecule has 0 aromatic heterocycles. The van der Waals surface area contributed by atoms with Gasteiger partial charge < -0.3 is 10.5 Å². The lowest BCUT2D eigenvalue weighted by molar-refractivity contribution is -0.146. The van der Waals surface area contributed by atoms with Gasteiger partial charge >= 0.3 is 5.97 Å². The summed E-state index contributed by atoms with van der Waals surface area (Å²) in [6.07, 6.45) is 3.84. The van der Waals surface area contributed by atoms with Gasteiger partial charge in [-0.1, -0.05) is 23.9 Å². The first-order valence-corrected chi connectivity index (χ1v) is 6.27. The van der Waals surface area contributed by atoms with Crippen LogP contribution >= 0.6 is 48.7 Å². The quantitative estimate of drug-likeness (QED) is 0.593. The van der Waals surface area contributed by atoms with Crippen LogP contribution in [-0.4, -0.2) is 41.4 Å². The summed E-state index contributed by atoms with van der Waals surface area (Å²) in [7, 11) is 0. The van der Waals surface area contributed by atoms with Crippen molar-refractivity contribution in [1.82, 2.24) is 3.71 Å². The van der Waals surface area contributed by atoms with Crippen molar-refractivity contribution in [2.45, 2.75) is 13.0 Å². The topological polar surface area (TPSA) is 55.6 Å². The molecule has 0 saturated heterocycles. The predicted octanol–water partition coefficient (Wildman–Crippen LogP) is 1.58. The molecule has 4 nitrogen and oxygen atoms in total. The van der Waals surface area contributed by atoms with Crippen molar-refractivity contribution in [1.29, 1.82) is 0 Å². The second-order valence-electron chi connectivity index (χ2n) is 2.28. The van der Waals surface area contributed by atoms with Crippen LogP contribution in [0.2, 0.25) is 0 Å². The van der Waals surface area contributed by atoms with Gasteiger partial charge in [0.15, 0.2) is 0 Å². The first-order valence-electron chi connectivity index (χ1n) is 3.91. The van der Waals surface area contributed by atoms with Crippen molar-refractivity contribution in [2.75, 3.05) is 25.7 Å². The Morgan fingerprint density at radius 1 is 1.40 bits per heavy atom. The van der Waals surface area contributed by atoms with E-state index in [9.17, 15) is 4.79 Å². The molecule has 8 heteroatoms. The van der Waals surface area contributed by atoms with Crippen LogP contribution in [0.3, 0.4) is 0 Å². The minimum Gasteiger partial charge on any atom is -0.463 e. The molecule has 0 rings (SSSR count). The maximum Gasteiger partial charge on any atom is 0.325 e. The fourth-order valence-corrected chi connectivity index (χ4v) is 2.16. The molecule has 0 radical (unpaired) electrons. The van der Waals surface area contributed by atoms with Crippen molar-refractivity contribution < 1.29 is 9.53 Å². The molecule has 94 valence electrons. The maximum atomic E-state index is 11.3. The van der Waals surface area contributed by atoms with E-state index in [0.717, 1.165) is 0 Å². The lowest BCUT2D eigenvalue weighted by Crippen LogP contribution is -2.32. The van der Waals surface area contributed by atoms with E-state index in [1.165, 1.54) is 23.9 Å². The second-order valence-corrected chi connectivity index (χ2v) is 4.03. The molecule has 0 aliphatic rings. The monoisotopic (exact) mass is 296 g/mol. The van der Waals surface area contributed by atoms with Crippen LogP contribution in [0.1, 0.15) is 6.92 Å². The van der Waals surface area contributed by atoms with E-state index >= 15 is 0 Å². The predicted molar refractivity (Wildman–Crippen MR) is 72.8 cm³/mol. The number of hydrogen-bond donors (Lipinski definition) is 1. The number of carbonyl (C=O) groups excluding carboxylic acids is 1. The number of hydrogen-bond acceptors (Lipinski definition) is 6. The van der Waals surface area contributed by atoms with Crippen molar-refractivity contribution in [3.63, 3.8) is 0 Å². The Balaban J connectivity index is -0.000000720. The normalized spacial score (nSPS) is 11.3. The van der Waals surface area contributed by atoms with E-state index in [0.29, 0.717) is 13.2 Å². The minimum absolute atomic E-state index is 0. The fourth-order valence-electron chi connectivity index (χ4n) is 0.757. The van der Waals surface area contributed by atoms with Crippen LogP contribution in [0.5, 0.6) is 0 Å². The number of nitrogens with zero attached hydrogens (tertiary/aromatic N) is 1. The molecule has 0 heterocycles. The first-order chi connectivity index (χ1) is 6.17. The zero-order valence-electron chi connectivity index (χ0n) is 8.97. The van der Waals surface area contributed by atoms with Gasteiger partial charge in [-0.25, -0.2) is 0 Å². The molecule has 2 N–H and O–H groups in total. The van der Waals surface area contributed by atoms with Gasteiger partial charge in [-0.3, -0.25) is 4.79 Å². The van der Waals surface area contributed by atoms with E-state index in [1.54, 1.807) is 0 Å². The van der Waals surface area contributed by atoms with Gasteiger partial charge in [-0.2, -0.15) is 3.71 Å². The molecule has 0 aromatic carbocycles. The number of nitrogens with two attached hydrogens (primary N) is 1. The SMILES string of the molecule is CSN(SC)[C@@H](C)C(=O)OCCN.Cl.Cl. The summed E-state index contributed by atoms with van der Waals surface area (Å²) in [4.78, 5) is 11.3. The van der Waals surface area contributed by atoms with Gasteiger partial charge in [0, 0.05) is 6.54 Å². The summed E-state index contributed by atoms with van der Waals surface area (Å²) < 4.78 is 6.78. The van der Waals surface area contributed by atoms with Crippen LogP contribution < -0.4 is 5.73 Å². The Bertz CT molecular complexity index is 162. The molecule has 0 amide bonds. The van der Waals surface area contributed by atoms with Gasteiger partial charge in [-0.05, 0) is 19.4 Å². The van der Waals surface area contributed by atoms with E-state index in [4.69, 9.17) is 10.5 Å². The van der Waals surface area contributed by atoms with Crippen LogP contribution in [0, 0.1) is 0 Å². The molecule has 0 aliphatic carbocycles. The van der Waals surface area contributed by atoms with E-state index < -0.39 is 0 Å². The Labute approximate surface area is 112 Å². The van der Waals surface area contributed by atoms with Gasteiger partial charge in [-0.15, -0.1) is 24.8 Å². The zero-order valence-corrected chi connectivity index (χ0v) is 12.2. The molecule has 0 unspecified atom stereocenters. The average molecular weight is 297 g/mol. The Kier molecular flexibility index (Phi) is 17.8. The Morgan fingerprint density at radius 3 is 2.20 bits per heavy atom. The van der Waals surface area contributed by atoms with Gasteiger partial charge in [0.1, 0.15) is 12.6 Å². The fraction of sp³-hybridized carbons (Fsp3) is 0.857. The molecule has 0 saturated carbocycles. The molecule has 0 aromatic rings. The molecule has 1 atom stereocenters. The van der Waals surface area contributed by atoms with Gasteiger partial charge in [0.2, 0.25) is 0 Å². The van der Waals surface area contributed by atoms with Crippen molar-refractivity contribution in [2.24, 2.45) is 5.73 Å². The van der Waals surface area contributed by atoms with E-state index in [1.807, 2.05) is 23.1 Å². The highest BCUT2D eigenvalue weighted by atomic mass is 35.5. The second kappa shape index (κ2) is 12.7. The van der Waals surface area contributed by atoms with Crippen molar-refractivity contribution in [3.8, 4) is 0 Å². The van der Waals surface area contributed by atoms with Crippen LogP contribution in [0.4, 0.5) is 0 Å². The lowest BCUT2D eigenvalue weighted by Gasteiger charge is -2.21. The molecule has 15 heavy (non-hydrogen) atoms. The van der Waals surface area contributed by atoms with Crippen molar-refractivity contribution in [3.05, 3.63) is 0 Å². The molecular formula is C7H18Cl2N2O2S2. The summed E-state index contributed by atoms with van der Waals surface area (Å²) in [5, 5.41) is 0. The van der Waals surface area contributed by atoms with Gasteiger partial charge in [0.25, 0.3) is 0 Å². The molecule has 0 bridgehead atoms. The van der Waals surface area contributed by atoms with Crippen LogP contribution in [0.25, 0.3) is 0 Å². The molecule has 0 spiro atoms. The maximum absolute atomic E-state index is 11.3. The number of esters is 1. The number of carbonyl (C=O) groups is 1. The highest BCUT2D eigenvalue weighted by Crippen LogP contribution is 2.20. The third-order valence-corrected chi connectivity index (χ3v) is 3.63. The standard InChI is InChI=1S/C7H16N2O2S2.2ClH/c1-6(9(12-2)13-3)7(10)11-5-4-8;;/h6H,4-5,8H2,1-3H3;2*1H/t6-;;/m0../s1. The van der Waals surface area contributed by atoms with E-state index in [2.05, 4.69) is 0 Å². The largest absolute Gasteiger partial charge is 0.463 e. The smallest absolute Gasteiger partial charge is 0.325 e. The average Bonchev–Trinajstić information content (AvgIpc) is 2.15. The lowest BCUT2D eigenvalue weighted by atomic mass is 10.4. The molecule has 0 fully saturated rings. The first kappa shape index (κ1) is 21.0. The third-order valence-electron chi connectivity index (χ3n) is 1.38. The van der Waals surface area contributed by atoms with Crippen LogP contribution in [0.15, 0.2) is 0 Å². The van der Waals surface area contributed by atoms with Crippen molar-refractivity contribution >= 4 is 54.7 Å². The van der Waals surface area contributed by atoms with Crippen LogP contribution in [-0.2, 0) is 9.53 Å². The molecular weight excluding hydrogens is 279 g/mol. The summed E-state index contributed by atoms with van der Waals surface area (Å²) in [5.41, 5.74) is 5.22. The minimum atomic E-state index is -0.239. The van der Waals surface area contributed by atoms with Gasteiger partial charge in [0.05, 0.1) is 0 Å². The molecule has 0 aliphatic heterocycles. The Morgan fingerprint density at radius 2 is 1.87 bits per heavy atom. The highest BCUT2D eigenvalue weighted by molar-refractivity contribution is 8.11. The number of rotatable bonds is 6. The Hall–Kier alpha value is 0.670. The zero-order chi connectivity index (χ0) is 10.3. The summed E-state index contributed by atoms with van der Waals surface area (Å²) in [5.74, 6) is -0.228. The third kappa shape index (κ3) is 8.47. The number of ether oxygens (including phenoxy) is 1. The summed E-state index contributed by atoms with van der Waals surface area (Å²) in [6.45, 7) is 2.47. The van der Waals surface area contributed by atoms with E-state index in [-0.39, 0.29) is 36.8 Å². The highest BCUT2D eigenvalue weighted by Gasteiger charge is 2.21. The summed E-state index contributed by atoms with van der Waals surface area (Å²) in [6, 6.07) is -0.239. The summed E-state index contributed by atoms with van der Waals surface area (Å²) >= 11 is 3.01.